The molecule has 0 saturated heterocycles. The highest BCUT2D eigenvalue weighted by molar-refractivity contribution is 5.79. The van der Waals surface area contributed by atoms with Crippen molar-refractivity contribution in [2.75, 3.05) is 36.5 Å². The topological polar surface area (TPSA) is 32.5 Å². The van der Waals surface area contributed by atoms with Gasteiger partial charge >= 0.3 is 0 Å². The van der Waals surface area contributed by atoms with Crippen LogP contribution in [0.3, 0.4) is 0 Å². The summed E-state index contributed by atoms with van der Waals surface area (Å²) >= 11 is 0. The number of hydrogen-bond acceptors (Lipinski definition) is 3. The molecule has 1 aliphatic rings. The van der Waals surface area contributed by atoms with Crippen molar-refractivity contribution in [1.82, 2.24) is 0 Å². The number of nitrogens with zero attached hydrogens (tertiary/aromatic N) is 2. The number of anilines is 3. The van der Waals surface area contributed by atoms with E-state index in [-0.39, 0.29) is 0 Å². The lowest BCUT2D eigenvalue weighted by Crippen LogP contribution is -2.36. The minimum absolute atomic E-state index is 0.706. The van der Waals surface area contributed by atoms with Crippen LogP contribution < -0.4 is 15.5 Å². The van der Waals surface area contributed by atoms with E-state index in [1.54, 1.807) is 0 Å². The van der Waals surface area contributed by atoms with Gasteiger partial charge in [0.15, 0.2) is 0 Å². The van der Waals surface area contributed by atoms with E-state index in [0.29, 0.717) is 6.54 Å². The van der Waals surface area contributed by atoms with E-state index in [1.807, 2.05) is 0 Å². The summed E-state index contributed by atoms with van der Waals surface area (Å²) in [5, 5.41) is 0. The first kappa shape index (κ1) is 14.0. The molecule has 2 aromatic carbocycles. The molecular formula is C18H23N3. The number of para-hydroxylation sites is 2. The average Bonchev–Trinajstić information content (AvgIpc) is 2.50. The highest BCUT2D eigenvalue weighted by Gasteiger charge is 2.21. The number of likely N-dealkylation sites (N-methyl/N-ethyl adjacent to an activating group) is 1. The van der Waals surface area contributed by atoms with Gasteiger partial charge in [0.05, 0.1) is 11.4 Å². The summed E-state index contributed by atoms with van der Waals surface area (Å²) in [5.41, 5.74) is 12.2. The van der Waals surface area contributed by atoms with Crippen molar-refractivity contribution in [1.29, 1.82) is 0 Å². The van der Waals surface area contributed by atoms with E-state index in [2.05, 4.69) is 66.2 Å². The summed E-state index contributed by atoms with van der Waals surface area (Å²) in [6.45, 7) is 4.94. The summed E-state index contributed by atoms with van der Waals surface area (Å²) in [4.78, 5) is 4.73. The van der Waals surface area contributed by atoms with Gasteiger partial charge in [0, 0.05) is 25.8 Å². The highest BCUT2D eigenvalue weighted by atomic mass is 15.3. The van der Waals surface area contributed by atoms with Crippen LogP contribution in [0.4, 0.5) is 17.1 Å². The smallest absolute Gasteiger partial charge is 0.0649 e. The molecule has 2 aromatic rings. The standard InChI is InChI=1S/C18H23N3/c1-14-13-16(8-7-15(14)9-10-19)21-12-11-20(2)17-5-3-4-6-18(17)21/h3-8,13H,9-12,19H2,1-2H3. The Bertz CT molecular complexity index is 636. The monoisotopic (exact) mass is 281 g/mol. The zero-order valence-corrected chi connectivity index (χ0v) is 12.8. The molecule has 21 heavy (non-hydrogen) atoms. The molecule has 3 heteroatoms. The van der Waals surface area contributed by atoms with Crippen LogP contribution in [0.1, 0.15) is 11.1 Å². The van der Waals surface area contributed by atoms with E-state index in [0.717, 1.165) is 19.5 Å². The molecule has 0 spiro atoms. The predicted octanol–water partition coefficient (Wildman–Crippen LogP) is 3.08. The predicted molar refractivity (Wildman–Crippen MR) is 90.7 cm³/mol. The maximum absolute atomic E-state index is 5.67. The minimum Gasteiger partial charge on any atom is -0.371 e. The van der Waals surface area contributed by atoms with Crippen molar-refractivity contribution in [2.45, 2.75) is 13.3 Å². The van der Waals surface area contributed by atoms with Gasteiger partial charge in [0.1, 0.15) is 0 Å². The molecule has 0 atom stereocenters. The van der Waals surface area contributed by atoms with Crippen LogP contribution >= 0.6 is 0 Å². The molecule has 0 aromatic heterocycles. The second-order valence-electron chi connectivity index (χ2n) is 5.71. The average molecular weight is 281 g/mol. The molecular weight excluding hydrogens is 258 g/mol. The Balaban J connectivity index is 1.98. The molecule has 110 valence electrons. The van der Waals surface area contributed by atoms with Crippen molar-refractivity contribution in [3.8, 4) is 0 Å². The first-order valence-electron chi connectivity index (χ1n) is 7.58. The van der Waals surface area contributed by atoms with Crippen molar-refractivity contribution < 1.29 is 0 Å². The molecule has 3 nitrogen and oxygen atoms in total. The number of benzene rings is 2. The Morgan fingerprint density at radius 3 is 2.52 bits per heavy atom. The lowest BCUT2D eigenvalue weighted by Gasteiger charge is -2.37. The van der Waals surface area contributed by atoms with Crippen LogP contribution in [0.5, 0.6) is 0 Å². The van der Waals surface area contributed by atoms with Gasteiger partial charge in [-0.2, -0.15) is 0 Å². The lowest BCUT2D eigenvalue weighted by atomic mass is 10.0. The van der Waals surface area contributed by atoms with Gasteiger partial charge in [-0.25, -0.2) is 0 Å². The molecule has 0 amide bonds. The molecule has 0 radical (unpaired) electrons. The van der Waals surface area contributed by atoms with Gasteiger partial charge < -0.3 is 15.5 Å². The number of rotatable bonds is 3. The van der Waals surface area contributed by atoms with E-state index in [4.69, 9.17) is 5.73 Å². The van der Waals surface area contributed by atoms with Gasteiger partial charge in [-0.3, -0.25) is 0 Å². The van der Waals surface area contributed by atoms with Gasteiger partial charge in [-0.1, -0.05) is 18.2 Å². The Morgan fingerprint density at radius 2 is 1.81 bits per heavy atom. The fraction of sp³-hybridized carbons (Fsp3) is 0.333. The third-order valence-electron chi connectivity index (χ3n) is 4.29. The molecule has 1 heterocycles. The van der Waals surface area contributed by atoms with E-state index >= 15 is 0 Å². The van der Waals surface area contributed by atoms with E-state index in [1.165, 1.54) is 28.2 Å². The lowest BCUT2D eigenvalue weighted by molar-refractivity contribution is 0.821. The highest BCUT2D eigenvalue weighted by Crippen LogP contribution is 2.37. The molecule has 0 saturated carbocycles. The normalized spacial score (nSPS) is 14.2. The van der Waals surface area contributed by atoms with Crippen LogP contribution in [0.15, 0.2) is 42.5 Å². The number of nitrogens with two attached hydrogens (primary N) is 1. The summed E-state index contributed by atoms with van der Waals surface area (Å²) in [6.07, 6.45) is 0.950. The zero-order valence-electron chi connectivity index (χ0n) is 12.8. The fourth-order valence-corrected chi connectivity index (χ4v) is 3.06. The first-order valence-corrected chi connectivity index (χ1v) is 7.58. The van der Waals surface area contributed by atoms with Crippen LogP contribution in [-0.4, -0.2) is 26.7 Å². The largest absolute Gasteiger partial charge is 0.371 e. The Labute approximate surface area is 127 Å². The van der Waals surface area contributed by atoms with Crippen LogP contribution in [0.25, 0.3) is 0 Å². The quantitative estimate of drug-likeness (QED) is 0.938. The second-order valence-corrected chi connectivity index (χ2v) is 5.71. The Morgan fingerprint density at radius 1 is 1.05 bits per heavy atom. The molecule has 1 aliphatic heterocycles. The van der Waals surface area contributed by atoms with Gasteiger partial charge in [-0.15, -0.1) is 0 Å². The van der Waals surface area contributed by atoms with Crippen LogP contribution in [0.2, 0.25) is 0 Å². The summed E-state index contributed by atoms with van der Waals surface area (Å²) < 4.78 is 0. The van der Waals surface area contributed by atoms with E-state index < -0.39 is 0 Å². The first-order chi connectivity index (χ1) is 10.2. The maximum Gasteiger partial charge on any atom is 0.0649 e. The zero-order chi connectivity index (χ0) is 14.8. The third kappa shape index (κ3) is 2.61. The molecule has 2 N–H and O–H groups in total. The Kier molecular flexibility index (Phi) is 3.84. The number of hydrogen-bond donors (Lipinski definition) is 1. The SMILES string of the molecule is Cc1cc(N2CCN(C)c3ccccc32)ccc1CCN. The van der Waals surface area contributed by atoms with Crippen molar-refractivity contribution in [3.05, 3.63) is 53.6 Å². The van der Waals surface area contributed by atoms with Crippen molar-refractivity contribution >= 4 is 17.1 Å². The number of aryl methyl sites for hydroxylation is 1. The van der Waals surface area contributed by atoms with Crippen LogP contribution in [0, 0.1) is 6.92 Å². The third-order valence-corrected chi connectivity index (χ3v) is 4.29. The van der Waals surface area contributed by atoms with Gasteiger partial charge in [0.25, 0.3) is 0 Å². The summed E-state index contributed by atoms with van der Waals surface area (Å²) in [7, 11) is 2.16. The van der Waals surface area contributed by atoms with Crippen molar-refractivity contribution in [3.63, 3.8) is 0 Å². The minimum atomic E-state index is 0.706. The molecule has 0 bridgehead atoms. The molecule has 3 rings (SSSR count). The number of fused-ring (bicyclic) bond motifs is 1. The Hall–Kier alpha value is -2.00. The maximum atomic E-state index is 5.67. The molecule has 0 fully saturated rings. The van der Waals surface area contributed by atoms with E-state index in [9.17, 15) is 0 Å². The van der Waals surface area contributed by atoms with Gasteiger partial charge in [-0.05, 0) is 55.3 Å². The second kappa shape index (κ2) is 5.78. The summed E-state index contributed by atoms with van der Waals surface area (Å²) in [6, 6.07) is 15.3. The molecule has 0 unspecified atom stereocenters. The van der Waals surface area contributed by atoms with Crippen LogP contribution in [-0.2, 0) is 6.42 Å². The van der Waals surface area contributed by atoms with Gasteiger partial charge in [0.2, 0.25) is 0 Å². The molecule has 0 aliphatic carbocycles. The summed E-state index contributed by atoms with van der Waals surface area (Å²) in [5.74, 6) is 0. The fourth-order valence-electron chi connectivity index (χ4n) is 3.06. The van der Waals surface area contributed by atoms with Crippen molar-refractivity contribution in [2.24, 2.45) is 5.73 Å².